The average molecular weight is 1320 g/mol. The van der Waals surface area contributed by atoms with Gasteiger partial charge in [0.2, 0.25) is 11.8 Å². The van der Waals surface area contributed by atoms with Gasteiger partial charge in [-0.3, -0.25) is 19.2 Å². The maximum absolute atomic E-state index is 12.8. The van der Waals surface area contributed by atoms with Gasteiger partial charge >= 0.3 is 11.9 Å². The second-order valence-electron chi connectivity index (χ2n) is 25.5. The molecule has 10 heteroatoms. The minimum Gasteiger partial charge on any atom is -0.465 e. The van der Waals surface area contributed by atoms with Crippen LogP contribution in [-0.4, -0.2) is 83.6 Å². The Kier molecular flexibility index (Phi) is 71.7. The standard InChI is InChI=1S/2C37H72BrNO3/c2*1-4-7-10-13-16-21-28-35(27-20-11-8-5-2)34-42-37(41)30-23-17-14-15-18-26-33-39(32-25-12-9-6-3)36(40)29-22-19-24-31-38/h2*35H,4-34H2,1-3H3. The number of rotatable bonds is 66. The van der Waals surface area contributed by atoms with Crippen molar-refractivity contribution in [2.45, 2.75) is 388 Å². The van der Waals surface area contributed by atoms with Crippen LogP contribution in [0.15, 0.2) is 0 Å². The smallest absolute Gasteiger partial charge is 0.305 e. The minimum absolute atomic E-state index is 0.00450. The fraction of sp³-hybridized carbons (Fsp3) is 0.946. The lowest BCUT2D eigenvalue weighted by Crippen LogP contribution is -2.32. The van der Waals surface area contributed by atoms with Crippen molar-refractivity contribution >= 4 is 55.6 Å². The van der Waals surface area contributed by atoms with Crippen molar-refractivity contribution in [1.29, 1.82) is 0 Å². The molecule has 0 bridgehead atoms. The Balaban J connectivity index is 0. The van der Waals surface area contributed by atoms with E-state index in [-0.39, 0.29) is 11.9 Å². The van der Waals surface area contributed by atoms with Gasteiger partial charge in [-0.15, -0.1) is 0 Å². The summed E-state index contributed by atoms with van der Waals surface area (Å²) in [4.78, 5) is 54.7. The molecule has 0 aliphatic carbocycles. The molecular formula is C74H144Br2N2O6. The molecule has 0 fully saturated rings. The topological polar surface area (TPSA) is 93.2 Å². The summed E-state index contributed by atoms with van der Waals surface area (Å²) < 4.78 is 11.5. The van der Waals surface area contributed by atoms with Crippen molar-refractivity contribution in [3.63, 3.8) is 0 Å². The molecule has 2 atom stereocenters. The van der Waals surface area contributed by atoms with E-state index in [1.54, 1.807) is 0 Å². The first-order valence-electron chi connectivity index (χ1n) is 37.2. The molecule has 500 valence electrons. The normalized spacial score (nSPS) is 12.0. The summed E-state index contributed by atoms with van der Waals surface area (Å²) in [6, 6.07) is 0. The van der Waals surface area contributed by atoms with E-state index >= 15 is 0 Å². The molecule has 0 aliphatic heterocycles. The summed E-state index contributed by atoms with van der Waals surface area (Å²) in [6.45, 7) is 18.5. The van der Waals surface area contributed by atoms with Crippen LogP contribution < -0.4 is 0 Å². The highest BCUT2D eigenvalue weighted by Crippen LogP contribution is 2.23. The number of ether oxygens (including phenoxy) is 2. The van der Waals surface area contributed by atoms with Crippen LogP contribution in [0.3, 0.4) is 0 Å². The van der Waals surface area contributed by atoms with Crippen molar-refractivity contribution in [2.75, 3.05) is 50.1 Å². The number of hydrogen-bond acceptors (Lipinski definition) is 6. The highest BCUT2D eigenvalue weighted by molar-refractivity contribution is 9.09. The van der Waals surface area contributed by atoms with Crippen molar-refractivity contribution in [3.8, 4) is 0 Å². The van der Waals surface area contributed by atoms with Crippen LogP contribution in [0.1, 0.15) is 388 Å². The molecule has 8 nitrogen and oxygen atoms in total. The molecule has 0 heterocycles. The molecule has 2 unspecified atom stereocenters. The SMILES string of the molecule is CCCCCCCCC(CCCCCC)COC(=O)CCCCCCCCN(CCCCCC)C(=O)CCCCCBr.CCCCCCCCC(CCCCCC)COC(=O)CCCCCCCCN(CCCCCC)C(=O)CCCCCBr. The van der Waals surface area contributed by atoms with Crippen LogP contribution in [0, 0.1) is 11.8 Å². The van der Waals surface area contributed by atoms with Gasteiger partial charge in [0.25, 0.3) is 0 Å². The maximum Gasteiger partial charge on any atom is 0.305 e. The van der Waals surface area contributed by atoms with E-state index in [9.17, 15) is 19.2 Å². The second-order valence-corrected chi connectivity index (χ2v) is 27.1. The van der Waals surface area contributed by atoms with Crippen molar-refractivity contribution in [3.05, 3.63) is 0 Å². The van der Waals surface area contributed by atoms with Gasteiger partial charge in [0.1, 0.15) is 0 Å². The molecular weight excluding hydrogens is 1170 g/mol. The highest BCUT2D eigenvalue weighted by atomic mass is 79.9. The molecule has 0 aromatic carbocycles. The lowest BCUT2D eigenvalue weighted by Gasteiger charge is -2.23. The molecule has 0 rings (SSSR count). The largest absolute Gasteiger partial charge is 0.465 e. The van der Waals surface area contributed by atoms with Crippen LogP contribution in [-0.2, 0) is 28.7 Å². The van der Waals surface area contributed by atoms with Crippen LogP contribution in [0.25, 0.3) is 0 Å². The molecule has 84 heavy (non-hydrogen) atoms. The minimum atomic E-state index is 0.00450. The summed E-state index contributed by atoms with van der Waals surface area (Å²) in [5, 5.41) is 2.06. The third-order valence-electron chi connectivity index (χ3n) is 17.3. The number of hydrogen-bond donors (Lipinski definition) is 0. The zero-order chi connectivity index (χ0) is 61.9. The van der Waals surface area contributed by atoms with Gasteiger partial charge in [0.15, 0.2) is 0 Å². The molecule has 0 saturated carbocycles. The molecule has 0 aromatic rings. The summed E-state index contributed by atoms with van der Waals surface area (Å²) in [7, 11) is 0. The van der Waals surface area contributed by atoms with Crippen LogP contribution >= 0.6 is 31.9 Å². The zero-order valence-electron chi connectivity index (χ0n) is 57.1. The molecule has 0 aromatic heterocycles. The lowest BCUT2D eigenvalue weighted by atomic mass is 9.95. The fourth-order valence-corrected chi connectivity index (χ4v) is 12.3. The number of unbranched alkanes of at least 4 members (excludes halogenated alkanes) is 36. The van der Waals surface area contributed by atoms with Crippen LogP contribution in [0.2, 0.25) is 0 Å². The number of carbonyl (C=O) groups is 4. The van der Waals surface area contributed by atoms with E-state index in [0.29, 0.717) is 62.5 Å². The van der Waals surface area contributed by atoms with Gasteiger partial charge in [-0.2, -0.15) is 0 Å². The second kappa shape index (κ2) is 70.9. The van der Waals surface area contributed by atoms with Crippen LogP contribution in [0.4, 0.5) is 0 Å². The van der Waals surface area contributed by atoms with Crippen LogP contribution in [0.5, 0.6) is 0 Å². The van der Waals surface area contributed by atoms with E-state index in [1.807, 2.05) is 0 Å². The van der Waals surface area contributed by atoms with E-state index in [0.717, 1.165) is 127 Å². The Bertz CT molecular complexity index is 1270. The Hall–Kier alpha value is -1.16. The molecule has 0 radical (unpaired) electrons. The maximum atomic E-state index is 12.8. The monoisotopic (exact) mass is 1310 g/mol. The number of nitrogens with zero attached hydrogens (tertiary/aromatic N) is 2. The first-order chi connectivity index (χ1) is 41.2. The number of alkyl halides is 2. The van der Waals surface area contributed by atoms with Crippen molar-refractivity contribution < 1.29 is 28.7 Å². The molecule has 0 saturated heterocycles. The average Bonchev–Trinajstić information content (AvgIpc) is 3.49. The van der Waals surface area contributed by atoms with Gasteiger partial charge in [-0.05, 0) is 102 Å². The van der Waals surface area contributed by atoms with E-state index < -0.39 is 0 Å². The number of esters is 2. The van der Waals surface area contributed by atoms with Gasteiger partial charge in [-0.25, -0.2) is 0 Å². The third-order valence-corrected chi connectivity index (χ3v) is 18.4. The molecule has 0 spiro atoms. The van der Waals surface area contributed by atoms with Crippen molar-refractivity contribution in [1.82, 2.24) is 9.80 Å². The predicted molar refractivity (Wildman–Crippen MR) is 373 cm³/mol. The molecule has 0 N–H and O–H groups in total. The summed E-state index contributed by atoms with van der Waals surface area (Å²) in [5.41, 5.74) is 0. The van der Waals surface area contributed by atoms with E-state index in [4.69, 9.17) is 9.47 Å². The van der Waals surface area contributed by atoms with E-state index in [2.05, 4.69) is 83.2 Å². The predicted octanol–water partition coefficient (Wildman–Crippen LogP) is 23.9. The van der Waals surface area contributed by atoms with Gasteiger partial charge in [-0.1, -0.05) is 305 Å². The quantitative estimate of drug-likeness (QED) is 0.0342. The van der Waals surface area contributed by atoms with Gasteiger partial charge in [0.05, 0.1) is 13.2 Å². The summed E-state index contributed by atoms with van der Waals surface area (Å²) in [5.74, 6) is 1.81. The lowest BCUT2D eigenvalue weighted by molar-refractivity contribution is -0.146. The molecule has 2 amide bonds. The summed E-state index contributed by atoms with van der Waals surface area (Å²) >= 11 is 6.97. The first-order valence-corrected chi connectivity index (χ1v) is 39.4. The zero-order valence-corrected chi connectivity index (χ0v) is 60.3. The summed E-state index contributed by atoms with van der Waals surface area (Å²) in [6.07, 6.45) is 63.3. The molecule has 0 aliphatic rings. The third kappa shape index (κ3) is 62.4. The highest BCUT2D eigenvalue weighted by Gasteiger charge is 2.17. The fourth-order valence-electron chi connectivity index (χ4n) is 11.5. The Morgan fingerprint density at radius 3 is 0.774 bits per heavy atom. The first kappa shape index (κ1) is 84.9. The number of carbonyl (C=O) groups excluding carboxylic acids is 4. The van der Waals surface area contributed by atoms with Crippen molar-refractivity contribution in [2.24, 2.45) is 11.8 Å². The Morgan fingerprint density at radius 1 is 0.274 bits per heavy atom. The van der Waals surface area contributed by atoms with Gasteiger partial charge < -0.3 is 19.3 Å². The number of amides is 2. The van der Waals surface area contributed by atoms with Gasteiger partial charge in [0, 0.05) is 62.5 Å². The number of halogens is 2. The van der Waals surface area contributed by atoms with E-state index in [1.165, 1.54) is 231 Å². The Morgan fingerprint density at radius 2 is 0.488 bits per heavy atom. The Labute approximate surface area is 541 Å².